The lowest BCUT2D eigenvalue weighted by Gasteiger charge is -2.35. The summed E-state index contributed by atoms with van der Waals surface area (Å²) in [5.74, 6) is 0. The van der Waals surface area contributed by atoms with E-state index in [1.807, 2.05) is 22.2 Å². The summed E-state index contributed by atoms with van der Waals surface area (Å²) in [5, 5.41) is 7.18. The Kier molecular flexibility index (Phi) is 3.41. The van der Waals surface area contributed by atoms with Gasteiger partial charge in [0, 0.05) is 23.7 Å². The molecule has 3 nitrogen and oxygen atoms in total. The van der Waals surface area contributed by atoms with Crippen molar-refractivity contribution in [2.75, 3.05) is 6.54 Å². The number of halogens is 1. The summed E-state index contributed by atoms with van der Waals surface area (Å²) in [4.78, 5) is 4.04. The molecule has 0 aliphatic carbocycles. The predicted molar refractivity (Wildman–Crippen MR) is 75.0 cm³/mol. The number of aromatic nitrogens is 2. The van der Waals surface area contributed by atoms with Crippen LogP contribution in [0.1, 0.15) is 29.8 Å². The lowest BCUT2D eigenvalue weighted by atomic mass is 9.98. The largest absolute Gasteiger partial charge is 0.277 e. The molecule has 0 saturated carbocycles. The van der Waals surface area contributed by atoms with E-state index in [0.717, 1.165) is 26.1 Å². The Morgan fingerprint density at radius 1 is 1.56 bits per heavy atom. The van der Waals surface area contributed by atoms with Crippen molar-refractivity contribution in [3.63, 3.8) is 0 Å². The van der Waals surface area contributed by atoms with Crippen LogP contribution in [0, 0.1) is 0 Å². The molecule has 1 aliphatic rings. The molecule has 1 atom stereocenters. The molecule has 2 aromatic heterocycles. The van der Waals surface area contributed by atoms with Crippen LogP contribution in [0.4, 0.5) is 0 Å². The van der Waals surface area contributed by atoms with Crippen LogP contribution in [0.3, 0.4) is 0 Å². The number of rotatable bonds is 3. The van der Waals surface area contributed by atoms with Gasteiger partial charge >= 0.3 is 0 Å². The molecule has 0 saturated heterocycles. The lowest BCUT2D eigenvalue weighted by molar-refractivity contribution is 0.131. The highest BCUT2D eigenvalue weighted by Gasteiger charge is 2.26. The van der Waals surface area contributed by atoms with Crippen LogP contribution >= 0.6 is 22.9 Å². The topological polar surface area (TPSA) is 21.1 Å². The minimum absolute atomic E-state index is 0.517. The van der Waals surface area contributed by atoms with E-state index in [1.54, 1.807) is 11.1 Å². The van der Waals surface area contributed by atoms with Gasteiger partial charge in [-0.3, -0.25) is 9.58 Å². The van der Waals surface area contributed by atoms with E-state index in [4.69, 9.17) is 11.6 Å². The fourth-order valence-electron chi connectivity index (χ4n) is 2.70. The summed E-state index contributed by atoms with van der Waals surface area (Å²) in [6.07, 6.45) is 5.87. The van der Waals surface area contributed by atoms with E-state index in [1.165, 1.54) is 5.56 Å². The molecule has 0 radical (unpaired) electrons. The molecule has 1 unspecified atom stereocenters. The van der Waals surface area contributed by atoms with Gasteiger partial charge in [-0.15, -0.1) is 11.3 Å². The summed E-state index contributed by atoms with van der Waals surface area (Å²) < 4.78 is 1.92. The van der Waals surface area contributed by atoms with Crippen molar-refractivity contribution in [2.24, 2.45) is 0 Å². The van der Waals surface area contributed by atoms with Crippen LogP contribution in [0.25, 0.3) is 0 Å². The molecule has 0 amide bonds. The van der Waals surface area contributed by atoms with E-state index in [2.05, 4.69) is 28.4 Å². The van der Waals surface area contributed by atoms with Crippen molar-refractivity contribution in [1.29, 1.82) is 0 Å². The first-order chi connectivity index (χ1) is 8.78. The SMILES string of the molecule is CCC1c2ccsc2CCN1Cn1cc(Cl)cn1. The van der Waals surface area contributed by atoms with Crippen LogP contribution in [0.15, 0.2) is 23.8 Å². The lowest BCUT2D eigenvalue weighted by Crippen LogP contribution is -2.36. The standard InChI is InChI=1S/C13H16ClN3S/c1-2-12-11-4-6-18-13(11)3-5-16(12)9-17-8-10(14)7-15-17/h4,6-8,12H,2-3,5,9H2,1H3. The van der Waals surface area contributed by atoms with Crippen molar-refractivity contribution >= 4 is 22.9 Å². The molecule has 0 fully saturated rings. The second-order valence-electron chi connectivity index (χ2n) is 4.62. The smallest absolute Gasteiger partial charge is 0.0934 e. The zero-order valence-corrected chi connectivity index (χ0v) is 11.9. The normalized spacial score (nSPS) is 20.0. The summed E-state index contributed by atoms with van der Waals surface area (Å²) in [7, 11) is 0. The number of hydrogen-bond acceptors (Lipinski definition) is 3. The zero-order valence-electron chi connectivity index (χ0n) is 10.3. The van der Waals surface area contributed by atoms with Gasteiger partial charge in [0.1, 0.15) is 0 Å². The van der Waals surface area contributed by atoms with Crippen molar-refractivity contribution in [1.82, 2.24) is 14.7 Å². The zero-order chi connectivity index (χ0) is 12.5. The Hall–Kier alpha value is -0.840. The second kappa shape index (κ2) is 5.03. The molecule has 5 heteroatoms. The highest BCUT2D eigenvalue weighted by Crippen LogP contribution is 2.35. The van der Waals surface area contributed by atoms with Crippen LogP contribution in [0.2, 0.25) is 5.02 Å². The molecule has 3 heterocycles. The molecule has 3 rings (SSSR count). The van der Waals surface area contributed by atoms with Gasteiger partial charge in [0.2, 0.25) is 0 Å². The molecule has 0 aromatic carbocycles. The van der Waals surface area contributed by atoms with Gasteiger partial charge in [0.15, 0.2) is 0 Å². The van der Waals surface area contributed by atoms with Crippen LogP contribution in [-0.2, 0) is 13.1 Å². The molecule has 0 N–H and O–H groups in total. The van der Waals surface area contributed by atoms with Crippen LogP contribution in [-0.4, -0.2) is 21.2 Å². The molecular formula is C13H16ClN3S. The third-order valence-electron chi connectivity index (χ3n) is 3.52. The highest BCUT2D eigenvalue weighted by atomic mass is 35.5. The number of nitrogens with zero attached hydrogens (tertiary/aromatic N) is 3. The number of fused-ring (bicyclic) bond motifs is 1. The van der Waals surface area contributed by atoms with Gasteiger partial charge < -0.3 is 0 Å². The monoisotopic (exact) mass is 281 g/mol. The molecule has 0 bridgehead atoms. The van der Waals surface area contributed by atoms with E-state index >= 15 is 0 Å². The van der Waals surface area contributed by atoms with Gasteiger partial charge in [0.25, 0.3) is 0 Å². The fraction of sp³-hybridized carbons (Fsp3) is 0.462. The maximum atomic E-state index is 5.91. The summed E-state index contributed by atoms with van der Waals surface area (Å²) in [6.45, 7) is 4.17. The molecular weight excluding hydrogens is 266 g/mol. The number of hydrogen-bond donors (Lipinski definition) is 0. The van der Waals surface area contributed by atoms with Crippen molar-refractivity contribution < 1.29 is 0 Å². The Labute approximate surface area is 116 Å². The first-order valence-electron chi connectivity index (χ1n) is 6.26. The van der Waals surface area contributed by atoms with Gasteiger partial charge in [-0.2, -0.15) is 5.10 Å². The minimum atomic E-state index is 0.517. The van der Waals surface area contributed by atoms with Gasteiger partial charge in [-0.1, -0.05) is 18.5 Å². The Balaban J connectivity index is 1.81. The Morgan fingerprint density at radius 3 is 3.17 bits per heavy atom. The number of thiophene rings is 1. The van der Waals surface area contributed by atoms with E-state index in [9.17, 15) is 0 Å². The van der Waals surface area contributed by atoms with E-state index in [-0.39, 0.29) is 0 Å². The maximum Gasteiger partial charge on any atom is 0.0934 e. The first-order valence-corrected chi connectivity index (χ1v) is 7.52. The third kappa shape index (κ3) is 2.20. The molecule has 0 spiro atoms. The van der Waals surface area contributed by atoms with Gasteiger partial charge in [-0.25, -0.2) is 0 Å². The quantitative estimate of drug-likeness (QED) is 0.858. The van der Waals surface area contributed by atoms with E-state index < -0.39 is 0 Å². The highest BCUT2D eigenvalue weighted by molar-refractivity contribution is 7.10. The summed E-state index contributed by atoms with van der Waals surface area (Å²) in [6, 6.07) is 2.79. The Bertz CT molecular complexity index is 534. The second-order valence-corrected chi connectivity index (χ2v) is 6.06. The average Bonchev–Trinajstić information content (AvgIpc) is 2.98. The Morgan fingerprint density at radius 2 is 2.44 bits per heavy atom. The maximum absolute atomic E-state index is 5.91. The third-order valence-corrected chi connectivity index (χ3v) is 4.71. The van der Waals surface area contributed by atoms with Gasteiger partial charge in [-0.05, 0) is 29.9 Å². The van der Waals surface area contributed by atoms with Gasteiger partial charge in [0.05, 0.1) is 17.9 Å². The van der Waals surface area contributed by atoms with Crippen LogP contribution in [0.5, 0.6) is 0 Å². The summed E-state index contributed by atoms with van der Waals surface area (Å²) >= 11 is 7.80. The average molecular weight is 282 g/mol. The molecule has 96 valence electrons. The fourth-order valence-corrected chi connectivity index (χ4v) is 3.78. The van der Waals surface area contributed by atoms with E-state index in [0.29, 0.717) is 11.1 Å². The molecule has 18 heavy (non-hydrogen) atoms. The van der Waals surface area contributed by atoms with Crippen LogP contribution < -0.4 is 0 Å². The minimum Gasteiger partial charge on any atom is -0.277 e. The van der Waals surface area contributed by atoms with Crippen molar-refractivity contribution in [3.05, 3.63) is 39.3 Å². The summed E-state index contributed by atoms with van der Waals surface area (Å²) in [5.41, 5.74) is 1.51. The predicted octanol–water partition coefficient (Wildman–Crippen LogP) is 3.56. The van der Waals surface area contributed by atoms with Crippen molar-refractivity contribution in [3.8, 4) is 0 Å². The molecule has 2 aromatic rings. The first kappa shape index (κ1) is 12.2. The molecule has 1 aliphatic heterocycles. The van der Waals surface area contributed by atoms with Crippen molar-refractivity contribution in [2.45, 2.75) is 32.5 Å².